The van der Waals surface area contributed by atoms with Crippen LogP contribution in [0.15, 0.2) is 29.2 Å². The van der Waals surface area contributed by atoms with Crippen molar-refractivity contribution in [2.24, 2.45) is 0 Å². The van der Waals surface area contributed by atoms with Crippen molar-refractivity contribution in [3.63, 3.8) is 0 Å². The Labute approximate surface area is 166 Å². The fraction of sp³-hybridized carbons (Fsp3) is 0.632. The molecule has 3 rings (SSSR count). The molecule has 0 aliphatic carbocycles. The molecule has 1 unspecified atom stereocenters. The van der Waals surface area contributed by atoms with E-state index in [-0.39, 0.29) is 30.0 Å². The normalized spacial score (nSPS) is 20.5. The van der Waals surface area contributed by atoms with Gasteiger partial charge in [-0.3, -0.25) is 4.79 Å². The van der Waals surface area contributed by atoms with Gasteiger partial charge in [-0.15, -0.1) is 0 Å². The molecule has 9 heteroatoms. The summed E-state index contributed by atoms with van der Waals surface area (Å²) in [5.41, 5.74) is 0. The van der Waals surface area contributed by atoms with E-state index in [2.05, 4.69) is 5.32 Å². The smallest absolute Gasteiger partial charge is 0.243 e. The SMILES string of the molecule is CCOc1ccc(S(=O)(=O)N(CC(=O)N2CCNCC2)CC2CCCO2)cc1. The van der Waals surface area contributed by atoms with Crippen LogP contribution in [0.1, 0.15) is 19.8 Å². The molecule has 1 N–H and O–H groups in total. The van der Waals surface area contributed by atoms with Gasteiger partial charge in [-0.25, -0.2) is 8.42 Å². The van der Waals surface area contributed by atoms with Crippen LogP contribution in [-0.4, -0.2) is 82.1 Å². The van der Waals surface area contributed by atoms with Gasteiger partial charge >= 0.3 is 0 Å². The number of hydrogen-bond acceptors (Lipinski definition) is 6. The minimum Gasteiger partial charge on any atom is -0.494 e. The van der Waals surface area contributed by atoms with Crippen LogP contribution in [0, 0.1) is 0 Å². The standard InChI is InChI=1S/C19H29N3O5S/c1-2-26-16-5-7-18(8-6-16)28(24,25)22(14-17-4-3-13-27-17)15-19(23)21-11-9-20-10-12-21/h5-8,17,20H,2-4,9-15H2,1H3. The van der Waals surface area contributed by atoms with E-state index in [1.54, 1.807) is 17.0 Å². The lowest BCUT2D eigenvalue weighted by Crippen LogP contribution is -2.51. The van der Waals surface area contributed by atoms with Gasteiger partial charge in [0.1, 0.15) is 5.75 Å². The van der Waals surface area contributed by atoms with Crippen molar-refractivity contribution in [1.29, 1.82) is 0 Å². The van der Waals surface area contributed by atoms with Gasteiger partial charge in [0.2, 0.25) is 15.9 Å². The third kappa shape index (κ3) is 5.22. The summed E-state index contributed by atoms with van der Waals surface area (Å²) in [4.78, 5) is 14.6. The van der Waals surface area contributed by atoms with E-state index in [0.29, 0.717) is 32.1 Å². The van der Waals surface area contributed by atoms with Gasteiger partial charge in [-0.05, 0) is 44.0 Å². The number of carbonyl (C=O) groups is 1. The van der Waals surface area contributed by atoms with Crippen molar-refractivity contribution in [1.82, 2.24) is 14.5 Å². The van der Waals surface area contributed by atoms with Gasteiger partial charge in [0.25, 0.3) is 0 Å². The van der Waals surface area contributed by atoms with Gasteiger partial charge in [0.15, 0.2) is 0 Å². The Kier molecular flexibility index (Phi) is 7.28. The van der Waals surface area contributed by atoms with E-state index in [9.17, 15) is 13.2 Å². The number of nitrogens with one attached hydrogen (secondary N) is 1. The van der Waals surface area contributed by atoms with Gasteiger partial charge in [0.05, 0.1) is 24.2 Å². The van der Waals surface area contributed by atoms with E-state index >= 15 is 0 Å². The summed E-state index contributed by atoms with van der Waals surface area (Å²) in [6, 6.07) is 6.33. The first-order valence-electron chi connectivity index (χ1n) is 9.84. The predicted molar refractivity (Wildman–Crippen MR) is 105 cm³/mol. The number of rotatable bonds is 8. The molecule has 0 radical (unpaired) electrons. The largest absolute Gasteiger partial charge is 0.494 e. The highest BCUT2D eigenvalue weighted by Gasteiger charge is 2.32. The number of sulfonamides is 1. The Morgan fingerprint density at radius 1 is 1.29 bits per heavy atom. The fourth-order valence-corrected chi connectivity index (χ4v) is 4.87. The zero-order chi connectivity index (χ0) is 20.0. The molecule has 0 spiro atoms. The predicted octanol–water partition coefficient (Wildman–Crippen LogP) is 0.687. The molecule has 2 heterocycles. The molecule has 1 aromatic carbocycles. The van der Waals surface area contributed by atoms with Crippen LogP contribution in [0.3, 0.4) is 0 Å². The zero-order valence-electron chi connectivity index (χ0n) is 16.3. The molecule has 0 saturated carbocycles. The first-order chi connectivity index (χ1) is 13.5. The maximum absolute atomic E-state index is 13.3. The van der Waals surface area contributed by atoms with Gasteiger partial charge in [0, 0.05) is 39.3 Å². The number of hydrogen-bond donors (Lipinski definition) is 1. The molecule has 28 heavy (non-hydrogen) atoms. The van der Waals surface area contributed by atoms with E-state index in [1.165, 1.54) is 16.4 Å². The second-order valence-corrected chi connectivity index (χ2v) is 8.91. The molecule has 156 valence electrons. The summed E-state index contributed by atoms with van der Waals surface area (Å²) < 4.78 is 38.8. The Morgan fingerprint density at radius 3 is 2.61 bits per heavy atom. The molecular weight excluding hydrogens is 382 g/mol. The van der Waals surface area contributed by atoms with Crippen molar-refractivity contribution in [2.75, 3.05) is 52.5 Å². The van der Waals surface area contributed by atoms with Crippen LogP contribution < -0.4 is 10.1 Å². The van der Waals surface area contributed by atoms with Crippen LogP contribution in [0.2, 0.25) is 0 Å². The number of piperazine rings is 1. The number of nitrogens with zero attached hydrogens (tertiary/aromatic N) is 2. The van der Waals surface area contributed by atoms with Crippen LogP contribution in [0.4, 0.5) is 0 Å². The van der Waals surface area contributed by atoms with E-state index in [4.69, 9.17) is 9.47 Å². The second-order valence-electron chi connectivity index (χ2n) is 6.97. The summed E-state index contributed by atoms with van der Waals surface area (Å²) in [6.07, 6.45) is 1.54. The number of benzene rings is 1. The van der Waals surface area contributed by atoms with Crippen LogP contribution >= 0.6 is 0 Å². The third-order valence-corrected chi connectivity index (χ3v) is 6.81. The number of amides is 1. The van der Waals surface area contributed by atoms with Crippen molar-refractivity contribution in [2.45, 2.75) is 30.8 Å². The van der Waals surface area contributed by atoms with E-state index in [0.717, 1.165) is 25.9 Å². The summed E-state index contributed by atoms with van der Waals surface area (Å²) >= 11 is 0. The first-order valence-corrected chi connectivity index (χ1v) is 11.3. The second kappa shape index (κ2) is 9.69. The van der Waals surface area contributed by atoms with Crippen LogP contribution in [-0.2, 0) is 19.6 Å². The minimum atomic E-state index is -3.82. The fourth-order valence-electron chi connectivity index (χ4n) is 3.45. The quantitative estimate of drug-likeness (QED) is 0.677. The third-order valence-electron chi connectivity index (χ3n) is 4.99. The highest BCUT2D eigenvalue weighted by atomic mass is 32.2. The van der Waals surface area contributed by atoms with Crippen LogP contribution in [0.5, 0.6) is 5.75 Å². The monoisotopic (exact) mass is 411 g/mol. The van der Waals surface area contributed by atoms with E-state index < -0.39 is 10.0 Å². The molecule has 0 aromatic heterocycles. The molecule has 0 bridgehead atoms. The Morgan fingerprint density at radius 2 is 2.00 bits per heavy atom. The van der Waals surface area contributed by atoms with Crippen molar-refractivity contribution >= 4 is 15.9 Å². The maximum atomic E-state index is 13.3. The summed E-state index contributed by atoms with van der Waals surface area (Å²) in [5, 5.41) is 3.20. The topological polar surface area (TPSA) is 88.2 Å². The molecule has 2 aliphatic heterocycles. The average molecular weight is 412 g/mol. The average Bonchev–Trinajstić information content (AvgIpc) is 3.22. The maximum Gasteiger partial charge on any atom is 0.243 e. The highest BCUT2D eigenvalue weighted by molar-refractivity contribution is 7.89. The molecule has 1 amide bonds. The lowest BCUT2D eigenvalue weighted by Gasteiger charge is -2.31. The van der Waals surface area contributed by atoms with E-state index in [1.807, 2.05) is 6.92 Å². The molecule has 2 fully saturated rings. The molecule has 1 atom stereocenters. The lowest BCUT2D eigenvalue weighted by atomic mass is 10.2. The van der Waals surface area contributed by atoms with Gasteiger partial charge in [-0.1, -0.05) is 0 Å². The van der Waals surface area contributed by atoms with Crippen molar-refractivity contribution in [3.8, 4) is 5.75 Å². The zero-order valence-corrected chi connectivity index (χ0v) is 17.1. The van der Waals surface area contributed by atoms with Crippen LogP contribution in [0.25, 0.3) is 0 Å². The Balaban J connectivity index is 1.78. The molecule has 2 saturated heterocycles. The molecule has 2 aliphatic rings. The summed E-state index contributed by atoms with van der Waals surface area (Å²) in [6.45, 7) is 5.67. The van der Waals surface area contributed by atoms with Gasteiger partial charge < -0.3 is 19.7 Å². The number of ether oxygens (including phenoxy) is 2. The molecule has 1 aromatic rings. The first kappa shape index (κ1) is 21.0. The summed E-state index contributed by atoms with van der Waals surface area (Å²) in [7, 11) is -3.82. The molecule has 8 nitrogen and oxygen atoms in total. The van der Waals surface area contributed by atoms with Gasteiger partial charge in [-0.2, -0.15) is 4.31 Å². The number of carbonyl (C=O) groups excluding carboxylic acids is 1. The lowest BCUT2D eigenvalue weighted by molar-refractivity contribution is -0.132. The summed E-state index contributed by atoms with van der Waals surface area (Å²) in [5.74, 6) is 0.443. The molecular formula is C19H29N3O5S. The van der Waals surface area contributed by atoms with Crippen molar-refractivity contribution in [3.05, 3.63) is 24.3 Å². The Hall–Kier alpha value is -1.68. The van der Waals surface area contributed by atoms with Crippen molar-refractivity contribution < 1.29 is 22.7 Å². The Bertz CT molecular complexity index is 741. The minimum absolute atomic E-state index is 0.155. The highest BCUT2D eigenvalue weighted by Crippen LogP contribution is 2.22.